The lowest BCUT2D eigenvalue weighted by molar-refractivity contribution is -0.128. The Morgan fingerprint density at radius 3 is 2.68 bits per heavy atom. The highest BCUT2D eigenvalue weighted by molar-refractivity contribution is 6.31. The quantitative estimate of drug-likeness (QED) is 0.585. The molecular weight excluding hydrogens is 410 g/mol. The van der Waals surface area contributed by atoms with Gasteiger partial charge in [0.15, 0.2) is 5.70 Å². The van der Waals surface area contributed by atoms with E-state index in [0.717, 1.165) is 28.2 Å². The van der Waals surface area contributed by atoms with Gasteiger partial charge in [-0.25, -0.2) is 4.85 Å². The van der Waals surface area contributed by atoms with Gasteiger partial charge in [0.25, 0.3) is 0 Å². The average Bonchev–Trinajstić information content (AvgIpc) is 3.40. The molecule has 0 bridgehead atoms. The third-order valence-electron chi connectivity index (χ3n) is 5.96. The van der Waals surface area contributed by atoms with Crippen molar-refractivity contribution in [2.24, 2.45) is 5.92 Å². The van der Waals surface area contributed by atoms with Crippen LogP contribution in [0.4, 0.5) is 5.82 Å². The van der Waals surface area contributed by atoms with E-state index in [1.165, 1.54) is 0 Å². The van der Waals surface area contributed by atoms with Crippen LogP contribution in [0.25, 0.3) is 4.85 Å². The van der Waals surface area contributed by atoms with Gasteiger partial charge in [-0.2, -0.15) is 5.10 Å². The molecule has 1 aromatic heterocycles. The van der Waals surface area contributed by atoms with Gasteiger partial charge in [0.1, 0.15) is 5.82 Å². The summed E-state index contributed by atoms with van der Waals surface area (Å²) in [6.07, 6.45) is 2.10. The van der Waals surface area contributed by atoms with Crippen LogP contribution in [0.3, 0.4) is 0 Å². The molecule has 0 saturated carbocycles. The van der Waals surface area contributed by atoms with Crippen LogP contribution in [0, 0.1) is 12.5 Å². The fourth-order valence-corrected chi connectivity index (χ4v) is 4.74. The molecule has 2 aliphatic heterocycles. The van der Waals surface area contributed by atoms with Crippen LogP contribution >= 0.6 is 11.6 Å². The van der Waals surface area contributed by atoms with E-state index < -0.39 is 0 Å². The molecule has 1 saturated heterocycles. The zero-order chi connectivity index (χ0) is 21.4. The first kappa shape index (κ1) is 19.4. The minimum absolute atomic E-state index is 0.0946. The highest BCUT2D eigenvalue weighted by atomic mass is 35.5. The number of carbonyl (C=O) groups is 1. The van der Waals surface area contributed by atoms with E-state index in [-0.39, 0.29) is 17.7 Å². The molecule has 0 aliphatic carbocycles. The second-order valence-electron chi connectivity index (χ2n) is 7.85. The number of amides is 1. The molecule has 2 aromatic carbocycles. The zero-order valence-corrected chi connectivity index (χ0v) is 17.4. The largest absolute Gasteiger partial charge is 0.353 e. The number of anilines is 1. The van der Waals surface area contributed by atoms with Gasteiger partial charge >= 0.3 is 0 Å². The second kappa shape index (κ2) is 7.93. The number of halogens is 1. The summed E-state index contributed by atoms with van der Waals surface area (Å²) < 4.78 is 0. The van der Waals surface area contributed by atoms with Crippen LogP contribution in [0.2, 0.25) is 5.02 Å². The Labute approximate surface area is 185 Å². The highest BCUT2D eigenvalue weighted by Crippen LogP contribution is 2.46. The number of fused-ring (bicyclic) bond motifs is 1. The Kier molecular flexibility index (Phi) is 4.97. The van der Waals surface area contributed by atoms with Gasteiger partial charge in [-0.1, -0.05) is 60.1 Å². The number of H-pyrrole nitrogens is 1. The van der Waals surface area contributed by atoms with Crippen molar-refractivity contribution in [3.05, 3.63) is 105 Å². The Morgan fingerprint density at radius 2 is 1.90 bits per heavy atom. The first-order chi connectivity index (χ1) is 15.2. The summed E-state index contributed by atoms with van der Waals surface area (Å²) in [6.45, 7) is 9.10. The van der Waals surface area contributed by atoms with E-state index in [4.69, 9.17) is 18.2 Å². The van der Waals surface area contributed by atoms with E-state index in [9.17, 15) is 4.79 Å². The number of hydrogen-bond acceptors (Lipinski definition) is 3. The fourth-order valence-electron chi connectivity index (χ4n) is 4.50. The van der Waals surface area contributed by atoms with Crippen LogP contribution in [0.5, 0.6) is 0 Å². The summed E-state index contributed by atoms with van der Waals surface area (Å²) >= 11 is 6.52. The molecule has 2 unspecified atom stereocenters. The first-order valence-corrected chi connectivity index (χ1v) is 10.5. The molecule has 2 aliphatic rings. The molecule has 7 heteroatoms. The maximum atomic E-state index is 12.8. The number of nitrogens with zero attached hydrogens (tertiary/aromatic N) is 3. The predicted molar refractivity (Wildman–Crippen MR) is 119 cm³/mol. The normalized spacial score (nSPS) is 20.4. The fraction of sp³-hybridized carbons (Fsp3) is 0.208. The number of allylic oxidation sites excluding steroid dienone is 1. The van der Waals surface area contributed by atoms with Crippen molar-refractivity contribution in [3.63, 3.8) is 0 Å². The summed E-state index contributed by atoms with van der Waals surface area (Å²) in [4.78, 5) is 18.6. The summed E-state index contributed by atoms with van der Waals surface area (Å²) in [5, 5.41) is 11.2. The van der Waals surface area contributed by atoms with Gasteiger partial charge in [0.2, 0.25) is 5.91 Å². The monoisotopic (exact) mass is 429 g/mol. The van der Waals surface area contributed by atoms with Gasteiger partial charge in [-0.3, -0.25) is 9.89 Å². The molecule has 2 N–H and O–H groups in total. The van der Waals surface area contributed by atoms with Crippen LogP contribution in [-0.2, 0) is 11.3 Å². The number of aromatic nitrogens is 2. The van der Waals surface area contributed by atoms with E-state index in [1.807, 2.05) is 59.5 Å². The van der Waals surface area contributed by atoms with Crippen molar-refractivity contribution < 1.29 is 4.79 Å². The van der Waals surface area contributed by atoms with Crippen molar-refractivity contribution in [1.82, 2.24) is 15.1 Å². The summed E-state index contributed by atoms with van der Waals surface area (Å²) in [5.74, 6) is 0.426. The van der Waals surface area contributed by atoms with Crippen molar-refractivity contribution in [3.8, 4) is 0 Å². The summed E-state index contributed by atoms with van der Waals surface area (Å²) in [5.41, 5.74) is 4.19. The van der Waals surface area contributed by atoms with Gasteiger partial charge in [-0.05, 0) is 17.2 Å². The highest BCUT2D eigenvalue weighted by Gasteiger charge is 2.39. The number of likely N-dealkylation sites (tertiary alicyclic amines) is 1. The lowest BCUT2D eigenvalue weighted by Gasteiger charge is -2.29. The second-order valence-corrected chi connectivity index (χ2v) is 8.26. The van der Waals surface area contributed by atoms with Gasteiger partial charge in [-0.15, -0.1) is 0 Å². The van der Waals surface area contributed by atoms with Crippen molar-refractivity contribution >= 4 is 23.3 Å². The molecule has 2 atom stereocenters. The molecule has 3 aromatic rings. The Morgan fingerprint density at radius 1 is 1.13 bits per heavy atom. The molecule has 154 valence electrons. The van der Waals surface area contributed by atoms with Crippen LogP contribution in [0.1, 0.15) is 29.0 Å². The third-order valence-corrected chi connectivity index (χ3v) is 6.31. The smallest absolute Gasteiger partial charge is 0.223 e. The van der Waals surface area contributed by atoms with Crippen LogP contribution in [0.15, 0.2) is 72.2 Å². The van der Waals surface area contributed by atoms with Gasteiger partial charge < -0.3 is 10.2 Å². The average molecular weight is 430 g/mol. The van der Waals surface area contributed by atoms with Crippen LogP contribution in [-0.4, -0.2) is 27.5 Å². The maximum Gasteiger partial charge on any atom is 0.223 e. The van der Waals surface area contributed by atoms with Crippen molar-refractivity contribution in [2.75, 3.05) is 11.9 Å². The number of hydrogen-bond donors (Lipinski definition) is 2. The molecule has 1 fully saturated rings. The maximum absolute atomic E-state index is 12.8. The standard InChI is InChI=1S/C24H20ClN5O/c1-26-23-21(17-9-5-6-10-19(17)25)18-12-27-29-24(18)28-22(23)16-11-20(31)30(14-16)13-15-7-3-2-4-8-15/h2-10,12,16,21H,11,13-14H2,(H2,27,28,29). The van der Waals surface area contributed by atoms with Crippen LogP contribution < -0.4 is 5.32 Å². The van der Waals surface area contributed by atoms with Crippen molar-refractivity contribution in [2.45, 2.75) is 18.9 Å². The number of nitrogens with one attached hydrogen (secondary N) is 2. The summed E-state index contributed by atoms with van der Waals surface area (Å²) in [7, 11) is 0. The molecule has 5 rings (SSSR count). The lowest BCUT2D eigenvalue weighted by atomic mass is 9.84. The molecule has 0 spiro atoms. The minimum atomic E-state index is -0.325. The van der Waals surface area contributed by atoms with E-state index in [0.29, 0.717) is 30.2 Å². The molecule has 3 heterocycles. The minimum Gasteiger partial charge on any atom is -0.353 e. The number of rotatable bonds is 4. The Balaban J connectivity index is 1.51. The van der Waals surface area contributed by atoms with Gasteiger partial charge in [0.05, 0.1) is 18.7 Å². The third kappa shape index (κ3) is 3.47. The summed E-state index contributed by atoms with van der Waals surface area (Å²) in [6, 6.07) is 17.5. The SMILES string of the molecule is [C-]#[N+]C1=C(C2CC(=O)N(Cc3ccccc3)C2)Nc2[nH]ncc2C1c1ccccc1Cl. The predicted octanol–water partition coefficient (Wildman–Crippen LogP) is 4.80. The van der Waals surface area contributed by atoms with E-state index in [2.05, 4.69) is 20.4 Å². The number of carbonyl (C=O) groups excluding carboxylic acids is 1. The van der Waals surface area contributed by atoms with Gasteiger partial charge in [0, 0.05) is 41.7 Å². The molecule has 31 heavy (non-hydrogen) atoms. The molecule has 6 nitrogen and oxygen atoms in total. The first-order valence-electron chi connectivity index (χ1n) is 10.1. The molecule has 0 radical (unpaired) electrons. The topological polar surface area (TPSA) is 65.4 Å². The molecular formula is C24H20ClN5O. The van der Waals surface area contributed by atoms with E-state index in [1.54, 1.807) is 6.20 Å². The Hall–Kier alpha value is -3.56. The number of benzene rings is 2. The molecule has 1 amide bonds. The zero-order valence-electron chi connectivity index (χ0n) is 16.7. The van der Waals surface area contributed by atoms with Crippen molar-refractivity contribution in [1.29, 1.82) is 0 Å². The lowest BCUT2D eigenvalue weighted by Crippen LogP contribution is -2.27. The van der Waals surface area contributed by atoms with E-state index >= 15 is 0 Å². The number of aromatic amines is 1. The Bertz CT molecular complexity index is 1210.